The summed E-state index contributed by atoms with van der Waals surface area (Å²) in [6, 6.07) is 2.64. The van der Waals surface area contributed by atoms with Gasteiger partial charge in [0, 0.05) is 13.6 Å². The molecule has 104 valence electrons. The lowest BCUT2D eigenvalue weighted by Gasteiger charge is -2.18. The summed E-state index contributed by atoms with van der Waals surface area (Å²) < 4.78 is 51.3. The number of nitrogens with zero attached hydrogens (tertiary/aromatic N) is 1. The molecule has 0 saturated carbocycles. The molecule has 1 aromatic rings. The average Bonchev–Trinajstić information content (AvgIpc) is 2.25. The topological polar surface area (TPSA) is 20.3 Å². The molecule has 0 bridgehead atoms. The van der Waals surface area contributed by atoms with Crippen LogP contribution in [0.4, 0.5) is 17.6 Å². The van der Waals surface area contributed by atoms with Gasteiger partial charge in [-0.25, -0.2) is 4.39 Å². The molecule has 19 heavy (non-hydrogen) atoms. The highest BCUT2D eigenvalue weighted by molar-refractivity contribution is 5.94. The number of benzene rings is 1. The maximum atomic E-state index is 13.7. The quantitative estimate of drug-likeness (QED) is 0.611. The van der Waals surface area contributed by atoms with Crippen molar-refractivity contribution < 1.29 is 22.4 Å². The van der Waals surface area contributed by atoms with Gasteiger partial charge in [-0.2, -0.15) is 13.2 Å². The zero-order chi connectivity index (χ0) is 14.8. The maximum Gasteiger partial charge on any atom is 0.419 e. The largest absolute Gasteiger partial charge is 0.419 e. The third kappa shape index (κ3) is 3.56. The minimum absolute atomic E-state index is 0.147. The second-order valence-corrected chi connectivity index (χ2v) is 4.28. The van der Waals surface area contributed by atoms with E-state index in [4.69, 9.17) is 0 Å². The van der Waals surface area contributed by atoms with Crippen LogP contribution in [0.25, 0.3) is 0 Å². The first-order valence-corrected chi connectivity index (χ1v) is 5.40. The highest BCUT2D eigenvalue weighted by atomic mass is 19.4. The second-order valence-electron chi connectivity index (χ2n) is 4.28. The van der Waals surface area contributed by atoms with Crippen molar-refractivity contribution in [3.05, 3.63) is 47.3 Å². The molecule has 0 N–H and O–H groups in total. The predicted molar refractivity (Wildman–Crippen MR) is 63.2 cm³/mol. The molecule has 0 aromatic heterocycles. The van der Waals surface area contributed by atoms with E-state index in [1.807, 2.05) is 0 Å². The van der Waals surface area contributed by atoms with Gasteiger partial charge < -0.3 is 4.90 Å². The van der Waals surface area contributed by atoms with E-state index >= 15 is 0 Å². The smallest absolute Gasteiger partial charge is 0.338 e. The molecule has 2 nitrogen and oxygen atoms in total. The van der Waals surface area contributed by atoms with Gasteiger partial charge in [-0.05, 0) is 19.1 Å². The highest BCUT2D eigenvalue weighted by Crippen LogP contribution is 2.32. The number of carbonyl (C=O) groups excluding carboxylic acids is 1. The van der Waals surface area contributed by atoms with Crippen LogP contribution in [0.3, 0.4) is 0 Å². The van der Waals surface area contributed by atoms with Crippen LogP contribution < -0.4 is 0 Å². The first-order chi connectivity index (χ1) is 8.64. The lowest BCUT2D eigenvalue weighted by molar-refractivity contribution is -0.140. The first-order valence-electron chi connectivity index (χ1n) is 5.40. The van der Waals surface area contributed by atoms with Gasteiger partial charge in [-0.15, -0.1) is 0 Å². The summed E-state index contributed by atoms with van der Waals surface area (Å²) in [6.07, 6.45) is -4.83. The summed E-state index contributed by atoms with van der Waals surface area (Å²) in [7, 11) is 1.37. The van der Waals surface area contributed by atoms with Crippen molar-refractivity contribution in [1.29, 1.82) is 0 Å². The number of halogens is 4. The molecule has 0 radical (unpaired) electrons. The molecular formula is C13H13F4NO. The molecule has 0 aliphatic carbocycles. The fourth-order valence-corrected chi connectivity index (χ4v) is 1.60. The Bertz CT molecular complexity index is 508. The Kier molecular flexibility index (Phi) is 4.34. The van der Waals surface area contributed by atoms with Crippen molar-refractivity contribution in [3.8, 4) is 0 Å². The molecule has 1 amide bonds. The van der Waals surface area contributed by atoms with Crippen LogP contribution >= 0.6 is 0 Å². The van der Waals surface area contributed by atoms with Crippen molar-refractivity contribution in [3.63, 3.8) is 0 Å². The van der Waals surface area contributed by atoms with Gasteiger partial charge in [-0.1, -0.05) is 18.2 Å². The van der Waals surface area contributed by atoms with Crippen molar-refractivity contribution in [2.45, 2.75) is 13.1 Å². The number of hydrogen-bond acceptors (Lipinski definition) is 1. The molecule has 0 unspecified atom stereocenters. The molecule has 0 aliphatic heterocycles. The normalized spacial score (nSPS) is 11.3. The number of amides is 1. The Morgan fingerprint density at radius 3 is 2.42 bits per heavy atom. The SMILES string of the molecule is C=C(C)CN(C)C(=O)c1cccc(C(F)(F)F)c1F. The van der Waals surface area contributed by atoms with Gasteiger partial charge >= 0.3 is 6.18 Å². The zero-order valence-electron chi connectivity index (χ0n) is 10.5. The second kappa shape index (κ2) is 5.42. The number of hydrogen-bond donors (Lipinski definition) is 0. The Labute approximate surface area is 108 Å². The summed E-state index contributed by atoms with van der Waals surface area (Å²) >= 11 is 0. The molecule has 0 atom stereocenters. The lowest BCUT2D eigenvalue weighted by atomic mass is 10.1. The minimum Gasteiger partial charge on any atom is -0.338 e. The fraction of sp³-hybridized carbons (Fsp3) is 0.308. The molecule has 0 saturated heterocycles. The Hall–Kier alpha value is -1.85. The third-order valence-corrected chi connectivity index (χ3v) is 2.39. The van der Waals surface area contributed by atoms with Crippen LogP contribution in [0.5, 0.6) is 0 Å². The van der Waals surface area contributed by atoms with Gasteiger partial charge in [0.25, 0.3) is 5.91 Å². The molecule has 0 spiro atoms. The number of alkyl halides is 3. The maximum absolute atomic E-state index is 13.7. The van der Waals surface area contributed by atoms with Crippen molar-refractivity contribution in [2.75, 3.05) is 13.6 Å². The van der Waals surface area contributed by atoms with Crippen LogP contribution in [0, 0.1) is 5.82 Å². The summed E-state index contributed by atoms with van der Waals surface area (Å²) in [5.74, 6) is -2.36. The number of rotatable bonds is 3. The molecule has 1 aromatic carbocycles. The Morgan fingerprint density at radius 2 is 1.95 bits per heavy atom. The number of carbonyl (C=O) groups is 1. The average molecular weight is 275 g/mol. The molecular weight excluding hydrogens is 262 g/mol. The van der Waals surface area contributed by atoms with Crippen LogP contribution in [-0.4, -0.2) is 24.4 Å². The van der Waals surface area contributed by atoms with E-state index in [-0.39, 0.29) is 6.54 Å². The monoisotopic (exact) mass is 275 g/mol. The van der Waals surface area contributed by atoms with Crippen LogP contribution in [0.2, 0.25) is 0 Å². The van der Waals surface area contributed by atoms with Crippen molar-refractivity contribution in [1.82, 2.24) is 4.90 Å². The Balaban J connectivity index is 3.15. The van der Waals surface area contributed by atoms with E-state index in [0.717, 1.165) is 17.0 Å². The van der Waals surface area contributed by atoms with Gasteiger partial charge in [0.05, 0.1) is 11.1 Å². The van der Waals surface area contributed by atoms with Crippen LogP contribution in [-0.2, 0) is 6.18 Å². The van der Waals surface area contributed by atoms with E-state index in [2.05, 4.69) is 6.58 Å². The van der Waals surface area contributed by atoms with E-state index in [1.54, 1.807) is 6.92 Å². The first kappa shape index (κ1) is 15.2. The van der Waals surface area contributed by atoms with E-state index in [0.29, 0.717) is 11.6 Å². The fourth-order valence-electron chi connectivity index (χ4n) is 1.60. The van der Waals surface area contributed by atoms with Crippen LogP contribution in [0.15, 0.2) is 30.4 Å². The molecule has 1 rings (SSSR count). The minimum atomic E-state index is -4.83. The molecule has 0 fully saturated rings. The van der Waals surface area contributed by atoms with E-state index in [1.165, 1.54) is 7.05 Å². The molecule has 0 aliphatic rings. The molecule has 0 heterocycles. The summed E-state index contributed by atoms with van der Waals surface area (Å²) in [5, 5.41) is 0. The standard InChI is InChI=1S/C13H13F4NO/c1-8(2)7-18(3)12(19)9-5-4-6-10(11(9)14)13(15,16)17/h4-6H,1,7H2,2-3H3. The van der Waals surface area contributed by atoms with Crippen molar-refractivity contribution in [2.24, 2.45) is 0 Å². The van der Waals surface area contributed by atoms with Gasteiger partial charge in [0.2, 0.25) is 0 Å². The van der Waals surface area contributed by atoms with Gasteiger partial charge in [0.15, 0.2) is 0 Å². The summed E-state index contributed by atoms with van der Waals surface area (Å²) in [6.45, 7) is 5.39. The summed E-state index contributed by atoms with van der Waals surface area (Å²) in [4.78, 5) is 13.0. The van der Waals surface area contributed by atoms with Gasteiger partial charge in [0.1, 0.15) is 5.82 Å². The van der Waals surface area contributed by atoms with E-state index in [9.17, 15) is 22.4 Å². The third-order valence-electron chi connectivity index (χ3n) is 2.39. The summed E-state index contributed by atoms with van der Waals surface area (Å²) in [5.41, 5.74) is -1.40. The van der Waals surface area contributed by atoms with Crippen molar-refractivity contribution >= 4 is 5.91 Å². The lowest BCUT2D eigenvalue weighted by Crippen LogP contribution is -2.29. The predicted octanol–water partition coefficient (Wildman–Crippen LogP) is 3.49. The molecule has 6 heteroatoms. The Morgan fingerprint density at radius 1 is 1.37 bits per heavy atom. The highest BCUT2D eigenvalue weighted by Gasteiger charge is 2.36. The zero-order valence-corrected chi connectivity index (χ0v) is 10.5. The van der Waals surface area contributed by atoms with Gasteiger partial charge in [-0.3, -0.25) is 4.79 Å². The van der Waals surface area contributed by atoms with Crippen LogP contribution in [0.1, 0.15) is 22.8 Å². The number of likely N-dealkylation sites (N-methyl/N-ethyl adjacent to an activating group) is 1. The van der Waals surface area contributed by atoms with E-state index < -0.39 is 29.0 Å².